The van der Waals surface area contributed by atoms with Gasteiger partial charge in [0.15, 0.2) is 0 Å². The maximum atomic E-state index is 13.6. The summed E-state index contributed by atoms with van der Waals surface area (Å²) < 4.78 is 19.1. The van der Waals surface area contributed by atoms with E-state index in [2.05, 4.69) is 12.2 Å². The topological polar surface area (TPSA) is 21.3 Å². The lowest BCUT2D eigenvalue weighted by Gasteiger charge is -2.37. The van der Waals surface area contributed by atoms with Gasteiger partial charge in [-0.15, -0.1) is 0 Å². The van der Waals surface area contributed by atoms with Gasteiger partial charge in [-0.3, -0.25) is 0 Å². The molecule has 0 aromatic heterocycles. The summed E-state index contributed by atoms with van der Waals surface area (Å²) in [5.74, 6) is -0.326. The molecule has 0 atom stereocenters. The molecule has 0 bridgehead atoms. The Morgan fingerprint density at radius 1 is 1.35 bits per heavy atom. The summed E-state index contributed by atoms with van der Waals surface area (Å²) in [6.45, 7) is 5.75. The zero-order valence-corrected chi connectivity index (χ0v) is 12.8. The summed E-state index contributed by atoms with van der Waals surface area (Å²) in [4.78, 5) is 0. The largest absolute Gasteiger partial charge is 0.381 e. The standard InChI is InChI=1S/C16H23ClFNO/c1-2-7-19-12-16(5-8-20-9-6-16)11-13-3-4-14(17)15(18)10-13/h3-4,10,19H,2,5-9,11-12H2,1H3. The van der Waals surface area contributed by atoms with E-state index >= 15 is 0 Å². The van der Waals surface area contributed by atoms with Crippen LogP contribution >= 0.6 is 11.6 Å². The van der Waals surface area contributed by atoms with Crippen molar-refractivity contribution < 1.29 is 9.13 Å². The Bertz CT molecular complexity index is 432. The molecular weight excluding hydrogens is 277 g/mol. The van der Waals surface area contributed by atoms with Crippen molar-refractivity contribution in [3.63, 3.8) is 0 Å². The maximum absolute atomic E-state index is 13.6. The molecule has 1 aromatic rings. The summed E-state index contributed by atoms with van der Waals surface area (Å²) in [7, 11) is 0. The lowest BCUT2D eigenvalue weighted by Crippen LogP contribution is -2.41. The second-order valence-corrected chi connectivity index (χ2v) is 6.12. The Kier molecular flexibility index (Phi) is 5.82. The number of nitrogens with one attached hydrogen (secondary N) is 1. The van der Waals surface area contributed by atoms with Crippen molar-refractivity contribution in [2.75, 3.05) is 26.3 Å². The molecule has 0 spiro atoms. The molecule has 1 N–H and O–H groups in total. The molecule has 1 aromatic carbocycles. The minimum Gasteiger partial charge on any atom is -0.381 e. The fourth-order valence-electron chi connectivity index (χ4n) is 2.83. The minimum absolute atomic E-state index is 0.174. The first-order valence-corrected chi connectivity index (χ1v) is 7.75. The van der Waals surface area contributed by atoms with Crippen molar-refractivity contribution in [1.29, 1.82) is 0 Å². The third-order valence-corrected chi connectivity index (χ3v) is 4.35. The summed E-state index contributed by atoms with van der Waals surface area (Å²) >= 11 is 5.75. The van der Waals surface area contributed by atoms with Crippen LogP contribution < -0.4 is 5.32 Å². The number of hydrogen-bond donors (Lipinski definition) is 1. The predicted octanol–water partition coefficient (Wildman–Crippen LogP) is 3.82. The van der Waals surface area contributed by atoms with Gasteiger partial charge in [0.25, 0.3) is 0 Å². The van der Waals surface area contributed by atoms with Crippen molar-refractivity contribution in [3.8, 4) is 0 Å². The first-order valence-electron chi connectivity index (χ1n) is 7.38. The molecule has 1 fully saturated rings. The van der Waals surface area contributed by atoms with Crippen LogP contribution in [0.5, 0.6) is 0 Å². The van der Waals surface area contributed by atoms with Crippen molar-refractivity contribution in [1.82, 2.24) is 5.32 Å². The number of benzene rings is 1. The van der Waals surface area contributed by atoms with Gasteiger partial charge in [-0.2, -0.15) is 0 Å². The molecule has 112 valence electrons. The van der Waals surface area contributed by atoms with E-state index in [1.54, 1.807) is 12.1 Å². The molecule has 0 saturated carbocycles. The minimum atomic E-state index is -0.326. The Hall–Kier alpha value is -0.640. The van der Waals surface area contributed by atoms with E-state index in [1.165, 1.54) is 0 Å². The molecule has 0 radical (unpaired) electrons. The molecule has 1 aliphatic heterocycles. The molecule has 0 aliphatic carbocycles. The SMILES string of the molecule is CCCNCC1(Cc2ccc(Cl)c(F)c2)CCOCC1. The Morgan fingerprint density at radius 3 is 2.75 bits per heavy atom. The van der Waals surface area contributed by atoms with E-state index in [1.807, 2.05) is 6.07 Å². The van der Waals surface area contributed by atoms with Gasteiger partial charge in [0.2, 0.25) is 0 Å². The average molecular weight is 300 g/mol. The number of ether oxygens (including phenoxy) is 1. The lowest BCUT2D eigenvalue weighted by atomic mass is 9.75. The highest BCUT2D eigenvalue weighted by Crippen LogP contribution is 2.34. The summed E-state index contributed by atoms with van der Waals surface area (Å²) in [5, 5.41) is 3.71. The van der Waals surface area contributed by atoms with Gasteiger partial charge in [-0.1, -0.05) is 24.6 Å². The highest BCUT2D eigenvalue weighted by Gasteiger charge is 2.32. The monoisotopic (exact) mass is 299 g/mol. The van der Waals surface area contributed by atoms with E-state index in [4.69, 9.17) is 16.3 Å². The highest BCUT2D eigenvalue weighted by atomic mass is 35.5. The summed E-state index contributed by atoms with van der Waals surface area (Å²) in [5.41, 5.74) is 1.19. The summed E-state index contributed by atoms with van der Waals surface area (Å²) in [6, 6.07) is 5.15. The number of hydrogen-bond acceptors (Lipinski definition) is 2. The fraction of sp³-hybridized carbons (Fsp3) is 0.625. The van der Waals surface area contributed by atoms with Crippen LogP contribution in [0.2, 0.25) is 5.02 Å². The van der Waals surface area contributed by atoms with Gasteiger partial charge in [0.1, 0.15) is 5.82 Å². The van der Waals surface area contributed by atoms with Crippen molar-refractivity contribution in [2.45, 2.75) is 32.6 Å². The first kappa shape index (κ1) is 15.7. The molecule has 1 heterocycles. The third kappa shape index (κ3) is 4.18. The second kappa shape index (κ2) is 7.39. The van der Waals surface area contributed by atoms with Crippen LogP contribution in [0.15, 0.2) is 18.2 Å². The summed E-state index contributed by atoms with van der Waals surface area (Å²) in [6.07, 6.45) is 4.05. The predicted molar refractivity (Wildman–Crippen MR) is 80.8 cm³/mol. The first-order chi connectivity index (χ1) is 9.65. The smallest absolute Gasteiger partial charge is 0.142 e. The van der Waals surface area contributed by atoms with Crippen molar-refractivity contribution in [2.24, 2.45) is 5.41 Å². The second-order valence-electron chi connectivity index (χ2n) is 5.71. The molecule has 2 nitrogen and oxygen atoms in total. The van der Waals surface area contributed by atoms with Crippen LogP contribution in [0, 0.1) is 11.2 Å². The van der Waals surface area contributed by atoms with E-state index in [0.717, 1.165) is 57.6 Å². The molecule has 0 unspecified atom stereocenters. The fourth-order valence-corrected chi connectivity index (χ4v) is 2.95. The molecular formula is C16H23ClFNO. The Balaban J connectivity index is 2.07. The zero-order valence-electron chi connectivity index (χ0n) is 12.1. The van der Waals surface area contributed by atoms with Crippen LogP contribution in [-0.4, -0.2) is 26.3 Å². The highest BCUT2D eigenvalue weighted by molar-refractivity contribution is 6.30. The van der Waals surface area contributed by atoms with Crippen LogP contribution in [0.1, 0.15) is 31.7 Å². The van der Waals surface area contributed by atoms with Crippen LogP contribution in [0.4, 0.5) is 4.39 Å². The number of rotatable bonds is 6. The lowest BCUT2D eigenvalue weighted by molar-refractivity contribution is 0.0150. The molecule has 0 amide bonds. The quantitative estimate of drug-likeness (QED) is 0.806. The van der Waals surface area contributed by atoms with E-state index in [0.29, 0.717) is 0 Å². The third-order valence-electron chi connectivity index (χ3n) is 4.04. The van der Waals surface area contributed by atoms with E-state index in [9.17, 15) is 4.39 Å². The Morgan fingerprint density at radius 2 is 2.10 bits per heavy atom. The van der Waals surface area contributed by atoms with Gasteiger partial charge in [0, 0.05) is 19.8 Å². The number of halogens is 2. The molecule has 2 rings (SSSR count). The van der Waals surface area contributed by atoms with Gasteiger partial charge < -0.3 is 10.1 Å². The zero-order chi connectivity index (χ0) is 14.4. The van der Waals surface area contributed by atoms with E-state index < -0.39 is 0 Å². The van der Waals surface area contributed by atoms with E-state index in [-0.39, 0.29) is 16.3 Å². The van der Waals surface area contributed by atoms with Gasteiger partial charge in [-0.05, 0) is 55.3 Å². The molecule has 1 saturated heterocycles. The normalized spacial score (nSPS) is 18.1. The maximum Gasteiger partial charge on any atom is 0.142 e. The van der Waals surface area contributed by atoms with Gasteiger partial charge >= 0.3 is 0 Å². The molecule has 4 heteroatoms. The average Bonchev–Trinajstić information content (AvgIpc) is 2.44. The molecule has 1 aliphatic rings. The van der Waals surface area contributed by atoms with Crippen LogP contribution in [0.3, 0.4) is 0 Å². The van der Waals surface area contributed by atoms with Crippen molar-refractivity contribution >= 4 is 11.6 Å². The van der Waals surface area contributed by atoms with Gasteiger partial charge in [0.05, 0.1) is 5.02 Å². The Labute approximate surface area is 125 Å². The molecule has 20 heavy (non-hydrogen) atoms. The van der Waals surface area contributed by atoms with Crippen molar-refractivity contribution in [3.05, 3.63) is 34.6 Å². The van der Waals surface area contributed by atoms with Gasteiger partial charge in [-0.25, -0.2) is 4.39 Å². The van der Waals surface area contributed by atoms with Crippen LogP contribution in [0.25, 0.3) is 0 Å². The van der Waals surface area contributed by atoms with Crippen LogP contribution in [-0.2, 0) is 11.2 Å².